The minimum atomic E-state index is -0.520. The van der Waals surface area contributed by atoms with Gasteiger partial charge in [-0.05, 0) is 23.8 Å². The fraction of sp³-hybridized carbons (Fsp3) is 0.176. The Bertz CT molecular complexity index is 911. The Balaban J connectivity index is 1.67. The lowest BCUT2D eigenvalue weighted by atomic mass is 10.1. The van der Waals surface area contributed by atoms with Gasteiger partial charge in [-0.1, -0.05) is 18.2 Å². The number of rotatable bonds is 7. The zero-order valence-electron chi connectivity index (χ0n) is 14.0. The normalized spacial score (nSPS) is 11.8. The number of nitrogens with zero attached hydrogens (tertiary/aromatic N) is 3. The van der Waals surface area contributed by atoms with Crippen molar-refractivity contribution in [2.75, 3.05) is 7.11 Å². The van der Waals surface area contributed by atoms with Crippen LogP contribution in [0.1, 0.15) is 23.3 Å². The number of aromatic nitrogens is 3. The zero-order chi connectivity index (χ0) is 18.5. The van der Waals surface area contributed by atoms with Crippen LogP contribution in [-0.4, -0.2) is 27.2 Å². The summed E-state index contributed by atoms with van der Waals surface area (Å²) in [6.07, 6.45) is 0. The number of hydrogen-bond acceptors (Lipinski definition) is 7. The summed E-state index contributed by atoms with van der Waals surface area (Å²) in [7, 11) is 1.58. The summed E-state index contributed by atoms with van der Waals surface area (Å²) in [5.74, 6) is 1.94. The highest BCUT2D eigenvalue weighted by Gasteiger charge is 2.15. The predicted octanol–water partition coefficient (Wildman–Crippen LogP) is 2.35. The van der Waals surface area contributed by atoms with Gasteiger partial charge in [0.15, 0.2) is 11.6 Å². The van der Waals surface area contributed by atoms with E-state index in [1.807, 2.05) is 24.3 Å². The molecule has 0 bridgehead atoms. The summed E-state index contributed by atoms with van der Waals surface area (Å²) in [6, 6.07) is 12.8. The predicted molar refractivity (Wildman–Crippen MR) is 92.8 cm³/mol. The van der Waals surface area contributed by atoms with Crippen molar-refractivity contribution in [1.29, 1.82) is 0 Å². The summed E-state index contributed by atoms with van der Waals surface area (Å²) in [6.45, 7) is 0.0823. The Hall–Kier alpha value is -3.46. The number of hydrogen-bond donors (Lipinski definition) is 2. The van der Waals surface area contributed by atoms with Crippen LogP contribution in [-0.2, 0) is 6.61 Å². The lowest BCUT2D eigenvalue weighted by Crippen LogP contribution is -2.13. The molecule has 0 fully saturated rings. The van der Waals surface area contributed by atoms with E-state index in [0.29, 0.717) is 23.1 Å². The molecule has 1 heterocycles. The molecule has 0 saturated carbocycles. The Morgan fingerprint density at radius 1 is 1.23 bits per heavy atom. The number of nitro benzene ring substituents is 1. The van der Waals surface area contributed by atoms with Crippen molar-refractivity contribution in [1.82, 2.24) is 15.2 Å². The number of H-pyrrole nitrogens is 1. The molecule has 0 aliphatic heterocycles. The fourth-order valence-electron chi connectivity index (χ4n) is 2.34. The Labute approximate surface area is 148 Å². The van der Waals surface area contributed by atoms with Gasteiger partial charge in [-0.15, -0.1) is 0 Å². The standard InChI is InChI=1S/C17H17N5O4/c1-25-13-6-2-4-11(8-13)16(18)17-19-15(20-21-17)10-26-14-7-3-5-12(9-14)22(23)24/h2-9,16H,10,18H2,1H3,(H,19,20,21)/t16-/m0/s1. The van der Waals surface area contributed by atoms with Gasteiger partial charge in [0.05, 0.1) is 24.1 Å². The molecule has 0 spiro atoms. The Morgan fingerprint density at radius 2 is 2.00 bits per heavy atom. The third-order valence-corrected chi connectivity index (χ3v) is 3.68. The van der Waals surface area contributed by atoms with Gasteiger partial charge in [0, 0.05) is 6.07 Å². The number of nitro groups is 1. The van der Waals surface area contributed by atoms with E-state index >= 15 is 0 Å². The van der Waals surface area contributed by atoms with Gasteiger partial charge in [0.1, 0.15) is 18.1 Å². The van der Waals surface area contributed by atoms with Crippen molar-refractivity contribution in [2.24, 2.45) is 5.73 Å². The molecule has 1 atom stereocenters. The molecule has 1 aromatic heterocycles. The molecule has 9 nitrogen and oxygen atoms in total. The molecule has 0 aliphatic rings. The van der Waals surface area contributed by atoms with Crippen LogP contribution < -0.4 is 15.2 Å². The molecule has 2 aromatic carbocycles. The lowest BCUT2D eigenvalue weighted by Gasteiger charge is -2.09. The van der Waals surface area contributed by atoms with E-state index in [1.54, 1.807) is 19.2 Å². The molecule has 26 heavy (non-hydrogen) atoms. The van der Waals surface area contributed by atoms with E-state index in [0.717, 1.165) is 5.56 Å². The minimum absolute atomic E-state index is 0.0409. The van der Waals surface area contributed by atoms with E-state index in [2.05, 4.69) is 15.2 Å². The maximum Gasteiger partial charge on any atom is 0.273 e. The van der Waals surface area contributed by atoms with Crippen molar-refractivity contribution >= 4 is 5.69 Å². The van der Waals surface area contributed by atoms with Crippen molar-refractivity contribution in [2.45, 2.75) is 12.6 Å². The summed E-state index contributed by atoms with van der Waals surface area (Å²) in [5, 5.41) is 17.7. The highest BCUT2D eigenvalue weighted by atomic mass is 16.6. The van der Waals surface area contributed by atoms with Crippen molar-refractivity contribution in [3.63, 3.8) is 0 Å². The third kappa shape index (κ3) is 3.95. The van der Waals surface area contributed by atoms with Crippen LogP contribution >= 0.6 is 0 Å². The first-order chi connectivity index (χ1) is 12.6. The van der Waals surface area contributed by atoms with Crippen molar-refractivity contribution < 1.29 is 14.4 Å². The summed E-state index contributed by atoms with van der Waals surface area (Å²) >= 11 is 0. The highest BCUT2D eigenvalue weighted by molar-refractivity contribution is 5.38. The van der Waals surface area contributed by atoms with E-state index in [1.165, 1.54) is 12.1 Å². The second-order valence-electron chi connectivity index (χ2n) is 5.44. The van der Waals surface area contributed by atoms with Crippen LogP contribution in [0.4, 0.5) is 5.69 Å². The maximum atomic E-state index is 10.8. The first kappa shape index (κ1) is 17.4. The van der Waals surface area contributed by atoms with Crippen LogP contribution in [0.25, 0.3) is 0 Å². The van der Waals surface area contributed by atoms with E-state index in [4.69, 9.17) is 15.2 Å². The second kappa shape index (κ2) is 7.62. The number of nitrogens with two attached hydrogens (primary N) is 1. The first-order valence-electron chi connectivity index (χ1n) is 7.75. The molecular formula is C17H17N5O4. The molecule has 9 heteroatoms. The largest absolute Gasteiger partial charge is 0.497 e. The monoisotopic (exact) mass is 355 g/mol. The van der Waals surface area contributed by atoms with Gasteiger partial charge in [0.2, 0.25) is 0 Å². The van der Waals surface area contributed by atoms with Gasteiger partial charge in [-0.2, -0.15) is 5.10 Å². The number of methoxy groups -OCH3 is 1. The smallest absolute Gasteiger partial charge is 0.273 e. The van der Waals surface area contributed by atoms with Gasteiger partial charge in [0.25, 0.3) is 5.69 Å². The lowest BCUT2D eigenvalue weighted by molar-refractivity contribution is -0.384. The molecular weight excluding hydrogens is 338 g/mol. The molecule has 3 N–H and O–H groups in total. The number of non-ortho nitro benzene ring substituents is 1. The SMILES string of the molecule is COc1cccc([C@H](N)c2n[nH]c(COc3cccc([N+](=O)[O-])c3)n2)c1. The number of benzene rings is 2. The van der Waals surface area contributed by atoms with Gasteiger partial charge >= 0.3 is 0 Å². The van der Waals surface area contributed by atoms with Crippen LogP contribution in [0.5, 0.6) is 11.5 Å². The van der Waals surface area contributed by atoms with E-state index < -0.39 is 11.0 Å². The van der Waals surface area contributed by atoms with Crippen LogP contribution in [0.3, 0.4) is 0 Å². The first-order valence-corrected chi connectivity index (χ1v) is 7.75. The molecule has 0 amide bonds. The van der Waals surface area contributed by atoms with Crippen LogP contribution in [0.2, 0.25) is 0 Å². The van der Waals surface area contributed by atoms with Gasteiger partial charge < -0.3 is 15.2 Å². The Morgan fingerprint density at radius 3 is 2.77 bits per heavy atom. The molecule has 3 aromatic rings. The molecule has 134 valence electrons. The maximum absolute atomic E-state index is 10.8. The minimum Gasteiger partial charge on any atom is -0.497 e. The van der Waals surface area contributed by atoms with Crippen LogP contribution in [0, 0.1) is 10.1 Å². The van der Waals surface area contributed by atoms with E-state index in [9.17, 15) is 10.1 Å². The topological polar surface area (TPSA) is 129 Å². The molecule has 0 saturated heterocycles. The van der Waals surface area contributed by atoms with Gasteiger partial charge in [-0.3, -0.25) is 15.2 Å². The highest BCUT2D eigenvalue weighted by Crippen LogP contribution is 2.22. The van der Waals surface area contributed by atoms with Crippen molar-refractivity contribution in [3.05, 3.63) is 75.9 Å². The summed E-state index contributed by atoms with van der Waals surface area (Å²) < 4.78 is 10.7. The average molecular weight is 355 g/mol. The zero-order valence-corrected chi connectivity index (χ0v) is 14.0. The van der Waals surface area contributed by atoms with Gasteiger partial charge in [-0.25, -0.2) is 4.98 Å². The van der Waals surface area contributed by atoms with Crippen molar-refractivity contribution in [3.8, 4) is 11.5 Å². The quantitative estimate of drug-likeness (QED) is 0.491. The average Bonchev–Trinajstić information content (AvgIpc) is 3.15. The Kier molecular flexibility index (Phi) is 5.09. The fourth-order valence-corrected chi connectivity index (χ4v) is 2.34. The number of nitrogens with one attached hydrogen (secondary N) is 1. The molecule has 0 unspecified atom stereocenters. The molecule has 0 radical (unpaired) electrons. The van der Waals surface area contributed by atoms with Crippen LogP contribution in [0.15, 0.2) is 48.5 Å². The number of ether oxygens (including phenoxy) is 2. The summed E-state index contributed by atoms with van der Waals surface area (Å²) in [5.41, 5.74) is 6.97. The van der Waals surface area contributed by atoms with E-state index in [-0.39, 0.29) is 12.3 Å². The summed E-state index contributed by atoms with van der Waals surface area (Å²) in [4.78, 5) is 14.6. The molecule has 3 rings (SSSR count). The number of aromatic amines is 1. The molecule has 0 aliphatic carbocycles. The second-order valence-corrected chi connectivity index (χ2v) is 5.44. The third-order valence-electron chi connectivity index (χ3n) is 3.68.